The smallest absolute Gasteiger partial charge is 0.163 e. The second kappa shape index (κ2) is 6.89. The lowest BCUT2D eigenvalue weighted by atomic mass is 9.94. The van der Waals surface area contributed by atoms with Crippen LogP contribution in [-0.4, -0.2) is 5.78 Å². The van der Waals surface area contributed by atoms with Crippen LogP contribution in [0.1, 0.15) is 35.7 Å². The van der Waals surface area contributed by atoms with Gasteiger partial charge in [-0.1, -0.05) is 67.6 Å². The molecule has 0 aliphatic rings. The van der Waals surface area contributed by atoms with Gasteiger partial charge in [0.05, 0.1) is 0 Å². The van der Waals surface area contributed by atoms with E-state index in [-0.39, 0.29) is 5.78 Å². The highest BCUT2D eigenvalue weighted by Crippen LogP contribution is 2.15. The van der Waals surface area contributed by atoms with Gasteiger partial charge in [-0.3, -0.25) is 4.79 Å². The van der Waals surface area contributed by atoms with Crippen LogP contribution < -0.4 is 0 Å². The Hall–Kier alpha value is -1.89. The van der Waals surface area contributed by atoms with Gasteiger partial charge in [0.25, 0.3) is 0 Å². The first-order valence-electron chi connectivity index (χ1n) is 6.88. The van der Waals surface area contributed by atoms with Crippen LogP contribution in [0.2, 0.25) is 0 Å². The standard InChI is InChI=1S/C18H20O/c1-15(12-13-16-8-4-2-5-9-16)14-18(19)17-10-6-3-7-11-17/h2-11,15H,12-14H2,1H3. The summed E-state index contributed by atoms with van der Waals surface area (Å²) in [6, 6.07) is 20.0. The SMILES string of the molecule is CC(CCc1ccccc1)CC(=O)c1ccccc1. The summed E-state index contributed by atoms with van der Waals surface area (Å²) in [7, 11) is 0. The molecule has 0 saturated heterocycles. The average molecular weight is 252 g/mol. The molecule has 98 valence electrons. The lowest BCUT2D eigenvalue weighted by Gasteiger charge is -2.10. The monoisotopic (exact) mass is 252 g/mol. The summed E-state index contributed by atoms with van der Waals surface area (Å²) in [5.74, 6) is 0.675. The maximum absolute atomic E-state index is 12.1. The number of carbonyl (C=O) groups excluding carboxylic acids is 1. The zero-order chi connectivity index (χ0) is 13.5. The van der Waals surface area contributed by atoms with Gasteiger partial charge in [0.15, 0.2) is 5.78 Å². The number of rotatable bonds is 6. The highest BCUT2D eigenvalue weighted by Gasteiger charge is 2.10. The number of ketones is 1. The molecule has 1 heteroatoms. The molecule has 0 fully saturated rings. The molecule has 2 aromatic rings. The van der Waals surface area contributed by atoms with Crippen molar-refractivity contribution in [2.45, 2.75) is 26.2 Å². The van der Waals surface area contributed by atoms with Gasteiger partial charge in [0, 0.05) is 12.0 Å². The highest BCUT2D eigenvalue weighted by atomic mass is 16.1. The van der Waals surface area contributed by atoms with Crippen LogP contribution in [0.4, 0.5) is 0 Å². The predicted octanol–water partition coefficient (Wildman–Crippen LogP) is 4.53. The van der Waals surface area contributed by atoms with Crippen molar-refractivity contribution in [1.29, 1.82) is 0 Å². The second-order valence-electron chi connectivity index (χ2n) is 5.12. The molecule has 0 spiro atoms. The third-order valence-electron chi connectivity index (χ3n) is 3.40. The van der Waals surface area contributed by atoms with Crippen LogP contribution in [0.25, 0.3) is 0 Å². The van der Waals surface area contributed by atoms with Crippen LogP contribution in [0.5, 0.6) is 0 Å². The van der Waals surface area contributed by atoms with E-state index in [2.05, 4.69) is 31.2 Å². The van der Waals surface area contributed by atoms with Crippen LogP contribution in [-0.2, 0) is 6.42 Å². The topological polar surface area (TPSA) is 17.1 Å². The number of hydrogen-bond acceptors (Lipinski definition) is 1. The van der Waals surface area contributed by atoms with E-state index < -0.39 is 0 Å². The average Bonchev–Trinajstić information content (AvgIpc) is 2.47. The molecular weight excluding hydrogens is 232 g/mol. The second-order valence-corrected chi connectivity index (χ2v) is 5.12. The first-order chi connectivity index (χ1) is 9.25. The Labute approximate surface area is 115 Å². The van der Waals surface area contributed by atoms with E-state index in [0.29, 0.717) is 12.3 Å². The lowest BCUT2D eigenvalue weighted by Crippen LogP contribution is -2.07. The zero-order valence-corrected chi connectivity index (χ0v) is 11.4. The number of benzene rings is 2. The largest absolute Gasteiger partial charge is 0.294 e. The van der Waals surface area contributed by atoms with Crippen molar-refractivity contribution in [1.82, 2.24) is 0 Å². The first kappa shape index (κ1) is 13.5. The fourth-order valence-corrected chi connectivity index (χ4v) is 2.22. The molecule has 2 aromatic carbocycles. The Morgan fingerprint density at radius 3 is 2.16 bits per heavy atom. The number of Topliss-reactive ketones (excluding diaryl/α,β-unsaturated/α-hetero) is 1. The van der Waals surface area contributed by atoms with Crippen molar-refractivity contribution >= 4 is 5.78 Å². The van der Waals surface area contributed by atoms with Crippen molar-refractivity contribution in [2.24, 2.45) is 5.92 Å². The molecule has 0 aliphatic carbocycles. The van der Waals surface area contributed by atoms with Crippen LogP contribution >= 0.6 is 0 Å². The Balaban J connectivity index is 1.81. The number of hydrogen-bond donors (Lipinski definition) is 0. The predicted molar refractivity (Wildman–Crippen MR) is 79.3 cm³/mol. The highest BCUT2D eigenvalue weighted by molar-refractivity contribution is 5.96. The summed E-state index contributed by atoms with van der Waals surface area (Å²) in [6.07, 6.45) is 2.74. The molecule has 0 heterocycles. The molecule has 0 bridgehead atoms. The van der Waals surface area contributed by atoms with E-state index in [4.69, 9.17) is 0 Å². The van der Waals surface area contributed by atoms with Crippen LogP contribution in [0, 0.1) is 5.92 Å². The summed E-state index contributed by atoms with van der Waals surface area (Å²) in [4.78, 5) is 12.1. The van der Waals surface area contributed by atoms with Gasteiger partial charge in [-0.25, -0.2) is 0 Å². The van der Waals surface area contributed by atoms with Gasteiger partial charge >= 0.3 is 0 Å². The number of carbonyl (C=O) groups is 1. The minimum atomic E-state index is 0.251. The molecule has 1 atom stereocenters. The molecule has 0 amide bonds. The molecule has 1 nitrogen and oxygen atoms in total. The summed E-state index contributed by atoms with van der Waals surface area (Å²) in [5.41, 5.74) is 2.18. The molecule has 0 aliphatic heterocycles. The fourth-order valence-electron chi connectivity index (χ4n) is 2.22. The Kier molecular flexibility index (Phi) is 4.91. The van der Waals surface area contributed by atoms with Crippen molar-refractivity contribution in [3.63, 3.8) is 0 Å². The molecule has 19 heavy (non-hydrogen) atoms. The molecule has 1 unspecified atom stereocenters. The Bertz CT molecular complexity index is 502. The Morgan fingerprint density at radius 2 is 1.53 bits per heavy atom. The van der Waals surface area contributed by atoms with E-state index >= 15 is 0 Å². The molecule has 0 radical (unpaired) electrons. The lowest BCUT2D eigenvalue weighted by molar-refractivity contribution is 0.0963. The molecule has 0 aromatic heterocycles. The zero-order valence-electron chi connectivity index (χ0n) is 11.4. The summed E-state index contributed by atoms with van der Waals surface area (Å²) in [5, 5.41) is 0. The van der Waals surface area contributed by atoms with Gasteiger partial charge in [-0.15, -0.1) is 0 Å². The minimum Gasteiger partial charge on any atom is -0.294 e. The normalized spacial score (nSPS) is 12.1. The third-order valence-corrected chi connectivity index (χ3v) is 3.40. The van der Waals surface area contributed by atoms with Crippen molar-refractivity contribution < 1.29 is 4.79 Å². The van der Waals surface area contributed by atoms with Crippen molar-refractivity contribution in [3.8, 4) is 0 Å². The van der Waals surface area contributed by atoms with Gasteiger partial charge in [0.2, 0.25) is 0 Å². The van der Waals surface area contributed by atoms with E-state index in [1.807, 2.05) is 36.4 Å². The minimum absolute atomic E-state index is 0.251. The quantitative estimate of drug-likeness (QED) is 0.690. The van der Waals surface area contributed by atoms with Gasteiger partial charge in [-0.05, 0) is 24.3 Å². The van der Waals surface area contributed by atoms with E-state index in [0.717, 1.165) is 18.4 Å². The van der Waals surface area contributed by atoms with Gasteiger partial charge < -0.3 is 0 Å². The molecular formula is C18H20O. The van der Waals surface area contributed by atoms with Crippen molar-refractivity contribution in [2.75, 3.05) is 0 Å². The van der Waals surface area contributed by atoms with Gasteiger partial charge in [0.1, 0.15) is 0 Å². The maximum Gasteiger partial charge on any atom is 0.163 e. The maximum atomic E-state index is 12.1. The molecule has 0 saturated carbocycles. The summed E-state index contributed by atoms with van der Waals surface area (Å²) >= 11 is 0. The van der Waals surface area contributed by atoms with Crippen molar-refractivity contribution in [3.05, 3.63) is 71.8 Å². The first-order valence-corrected chi connectivity index (χ1v) is 6.88. The number of aryl methyl sites for hydroxylation is 1. The molecule has 2 rings (SSSR count). The van der Waals surface area contributed by atoms with E-state index in [1.54, 1.807) is 0 Å². The third kappa shape index (κ3) is 4.36. The summed E-state index contributed by atoms with van der Waals surface area (Å²) < 4.78 is 0. The Morgan fingerprint density at radius 1 is 0.947 bits per heavy atom. The van der Waals surface area contributed by atoms with E-state index in [1.165, 1.54) is 5.56 Å². The fraction of sp³-hybridized carbons (Fsp3) is 0.278. The van der Waals surface area contributed by atoms with Crippen LogP contribution in [0.3, 0.4) is 0 Å². The molecule has 0 N–H and O–H groups in total. The van der Waals surface area contributed by atoms with E-state index in [9.17, 15) is 4.79 Å². The van der Waals surface area contributed by atoms with Gasteiger partial charge in [-0.2, -0.15) is 0 Å². The summed E-state index contributed by atoms with van der Waals surface area (Å²) in [6.45, 7) is 2.16. The van der Waals surface area contributed by atoms with Crippen LogP contribution in [0.15, 0.2) is 60.7 Å².